The molecule has 25 heavy (non-hydrogen) atoms. The maximum Gasteiger partial charge on any atom is 0.363 e. The molecule has 1 N–H and O–H groups in total. The molecule has 0 aromatic carbocycles. The van der Waals surface area contributed by atoms with Crippen LogP contribution in [-0.4, -0.2) is 52.5 Å². The van der Waals surface area contributed by atoms with Gasteiger partial charge in [0.05, 0.1) is 17.0 Å². The fraction of sp³-hybridized carbons (Fsp3) is 0.647. The summed E-state index contributed by atoms with van der Waals surface area (Å²) in [4.78, 5) is 35.5. The maximum absolute atomic E-state index is 12.6. The number of allylic oxidation sites excluding steroid dienone is 1. The summed E-state index contributed by atoms with van der Waals surface area (Å²) in [6.07, 6.45) is 7.89. The molecule has 1 heterocycles. The van der Waals surface area contributed by atoms with Gasteiger partial charge in [-0.1, -0.05) is 32.8 Å². The van der Waals surface area contributed by atoms with E-state index in [0.717, 1.165) is 13.2 Å². The van der Waals surface area contributed by atoms with Gasteiger partial charge in [-0.3, -0.25) is 14.9 Å². The van der Waals surface area contributed by atoms with Crippen LogP contribution in [0.15, 0.2) is 24.0 Å². The van der Waals surface area contributed by atoms with Gasteiger partial charge in [-0.15, -0.1) is 0 Å². The van der Waals surface area contributed by atoms with E-state index >= 15 is 0 Å². The van der Waals surface area contributed by atoms with Crippen LogP contribution in [0.1, 0.15) is 39.5 Å². The Balaban J connectivity index is 0.000000705. The predicted octanol–water partition coefficient (Wildman–Crippen LogP) is 2.23. The fourth-order valence-corrected chi connectivity index (χ4v) is 2.75. The molecule has 0 saturated carbocycles. The molecular formula is C17H26N2O6. The van der Waals surface area contributed by atoms with Crippen LogP contribution in [0.2, 0.25) is 0 Å². The zero-order chi connectivity index (χ0) is 19.0. The third-order valence-electron chi connectivity index (χ3n) is 4.38. The third kappa shape index (κ3) is 4.45. The molecule has 0 aromatic rings. The highest BCUT2D eigenvalue weighted by Crippen LogP contribution is 2.33. The predicted molar refractivity (Wildman–Crippen MR) is 91.5 cm³/mol. The van der Waals surface area contributed by atoms with Gasteiger partial charge in [0.25, 0.3) is 0 Å². The molecule has 8 heteroatoms. The molecule has 1 aliphatic heterocycles. The van der Waals surface area contributed by atoms with Crippen molar-refractivity contribution in [3.63, 3.8) is 0 Å². The number of hydrogen-bond acceptors (Lipinski definition) is 6. The number of nitro groups is 1. The lowest BCUT2D eigenvalue weighted by atomic mass is 9.89. The highest BCUT2D eigenvalue weighted by molar-refractivity contribution is 5.85. The van der Waals surface area contributed by atoms with E-state index in [9.17, 15) is 24.8 Å². The van der Waals surface area contributed by atoms with Crippen LogP contribution in [0.3, 0.4) is 0 Å². The van der Waals surface area contributed by atoms with Gasteiger partial charge in [0.1, 0.15) is 12.0 Å². The van der Waals surface area contributed by atoms with Crippen molar-refractivity contribution < 1.29 is 24.4 Å². The molecule has 2 unspecified atom stereocenters. The molecule has 1 saturated heterocycles. The van der Waals surface area contributed by atoms with Crippen molar-refractivity contribution in [2.24, 2.45) is 5.92 Å². The van der Waals surface area contributed by atoms with Crippen molar-refractivity contribution in [3.05, 3.63) is 34.1 Å². The van der Waals surface area contributed by atoms with Gasteiger partial charge in [0, 0.05) is 13.7 Å². The summed E-state index contributed by atoms with van der Waals surface area (Å²) in [5, 5.41) is 20.9. The van der Waals surface area contributed by atoms with E-state index < -0.39 is 28.5 Å². The van der Waals surface area contributed by atoms with E-state index in [1.165, 1.54) is 29.9 Å². The van der Waals surface area contributed by atoms with Crippen LogP contribution in [0.5, 0.6) is 0 Å². The Bertz CT molecular complexity index is 557. The second-order valence-electron chi connectivity index (χ2n) is 6.00. The van der Waals surface area contributed by atoms with Gasteiger partial charge < -0.3 is 19.5 Å². The number of aliphatic hydroxyl groups is 1. The Morgan fingerprint density at radius 3 is 2.64 bits per heavy atom. The van der Waals surface area contributed by atoms with E-state index in [0.29, 0.717) is 25.7 Å². The Morgan fingerprint density at radius 2 is 2.16 bits per heavy atom. The first-order valence-corrected chi connectivity index (χ1v) is 8.43. The number of methoxy groups -OCH3 is 1. The zero-order valence-electron chi connectivity index (χ0n) is 14.9. The number of amides is 1. The van der Waals surface area contributed by atoms with Crippen LogP contribution in [0.4, 0.5) is 0 Å². The number of rotatable bonds is 5. The lowest BCUT2D eigenvalue weighted by molar-refractivity contribution is -0.617. The van der Waals surface area contributed by atoms with E-state index in [2.05, 4.69) is 13.8 Å². The normalized spacial score (nSPS) is 28.0. The number of unbranched alkanes of at least 4 members (excludes halogenated alkanes) is 1. The molecule has 8 nitrogen and oxygen atoms in total. The minimum Gasteiger partial charge on any atom is -0.508 e. The number of ether oxygens (including phenoxy) is 1. The van der Waals surface area contributed by atoms with Gasteiger partial charge in [0.2, 0.25) is 5.91 Å². The lowest BCUT2D eigenvalue weighted by Gasteiger charge is -2.32. The van der Waals surface area contributed by atoms with E-state index in [-0.39, 0.29) is 5.76 Å². The maximum atomic E-state index is 12.6. The molecule has 0 aromatic heterocycles. The summed E-state index contributed by atoms with van der Waals surface area (Å²) in [6, 6.07) is -0.563. The SMILES string of the molecule is CCCC.COC1([N+](=O)[O-])C=C(O)C=CC1C(=O)N1CCC[C@H]1C=O. The largest absolute Gasteiger partial charge is 0.508 e. The molecule has 2 aliphatic rings. The molecule has 1 fully saturated rings. The first-order valence-electron chi connectivity index (χ1n) is 8.43. The Morgan fingerprint density at radius 1 is 1.52 bits per heavy atom. The van der Waals surface area contributed by atoms with Gasteiger partial charge in [-0.05, 0) is 18.9 Å². The first-order chi connectivity index (χ1) is 11.9. The number of carbonyl (C=O) groups is 2. The number of likely N-dealkylation sites (tertiary alicyclic amines) is 1. The highest BCUT2D eigenvalue weighted by Gasteiger charge is 2.55. The molecular weight excluding hydrogens is 328 g/mol. The van der Waals surface area contributed by atoms with Gasteiger partial charge in [-0.2, -0.15) is 0 Å². The molecule has 0 spiro atoms. The van der Waals surface area contributed by atoms with Crippen LogP contribution < -0.4 is 0 Å². The topological polar surface area (TPSA) is 110 Å². The van der Waals surface area contributed by atoms with E-state index in [1.54, 1.807) is 0 Å². The van der Waals surface area contributed by atoms with E-state index in [1.807, 2.05) is 0 Å². The van der Waals surface area contributed by atoms with Gasteiger partial charge in [0.15, 0.2) is 5.92 Å². The number of hydrogen-bond donors (Lipinski definition) is 1. The molecule has 2 rings (SSSR count). The van der Waals surface area contributed by atoms with Gasteiger partial charge in [-0.25, -0.2) is 0 Å². The molecule has 0 radical (unpaired) electrons. The number of aliphatic hydroxyl groups excluding tert-OH is 1. The summed E-state index contributed by atoms with van der Waals surface area (Å²) in [6.45, 7) is 4.74. The van der Waals surface area contributed by atoms with Crippen molar-refractivity contribution in [2.75, 3.05) is 13.7 Å². The zero-order valence-corrected chi connectivity index (χ0v) is 14.9. The Hall–Kier alpha value is -2.22. The molecule has 0 bridgehead atoms. The summed E-state index contributed by atoms with van der Waals surface area (Å²) in [7, 11) is 1.10. The van der Waals surface area contributed by atoms with Crippen LogP contribution in [0.25, 0.3) is 0 Å². The Labute approximate surface area is 147 Å². The van der Waals surface area contributed by atoms with Crippen molar-refractivity contribution in [1.82, 2.24) is 4.90 Å². The average Bonchev–Trinajstić information content (AvgIpc) is 3.09. The quantitative estimate of drug-likeness (QED) is 0.351. The second-order valence-corrected chi connectivity index (χ2v) is 6.00. The third-order valence-corrected chi connectivity index (χ3v) is 4.38. The average molecular weight is 354 g/mol. The van der Waals surface area contributed by atoms with Gasteiger partial charge >= 0.3 is 5.72 Å². The first kappa shape index (κ1) is 20.8. The summed E-state index contributed by atoms with van der Waals surface area (Å²) < 4.78 is 4.95. The number of carbonyl (C=O) groups excluding carboxylic acids is 2. The smallest absolute Gasteiger partial charge is 0.363 e. The lowest BCUT2D eigenvalue weighted by Crippen LogP contribution is -2.54. The van der Waals surface area contributed by atoms with Crippen molar-refractivity contribution in [1.29, 1.82) is 0 Å². The second kappa shape index (κ2) is 9.31. The minimum absolute atomic E-state index is 0.342. The van der Waals surface area contributed by atoms with Crippen molar-refractivity contribution >= 4 is 12.2 Å². The van der Waals surface area contributed by atoms with Crippen LogP contribution >= 0.6 is 0 Å². The monoisotopic (exact) mass is 354 g/mol. The fourth-order valence-electron chi connectivity index (χ4n) is 2.75. The van der Waals surface area contributed by atoms with Crippen molar-refractivity contribution in [2.45, 2.75) is 51.3 Å². The summed E-state index contributed by atoms with van der Waals surface area (Å²) in [5.74, 6) is -2.12. The summed E-state index contributed by atoms with van der Waals surface area (Å²) in [5.41, 5.74) is -2.16. The van der Waals surface area contributed by atoms with Crippen LogP contribution in [0, 0.1) is 16.0 Å². The Kier molecular flexibility index (Phi) is 7.76. The molecule has 1 amide bonds. The summed E-state index contributed by atoms with van der Waals surface area (Å²) >= 11 is 0. The van der Waals surface area contributed by atoms with Crippen LogP contribution in [-0.2, 0) is 14.3 Å². The van der Waals surface area contributed by atoms with Crippen molar-refractivity contribution in [3.8, 4) is 0 Å². The standard InChI is InChI=1S/C13H16N2O6.C4H10/c1-21-13(15(19)20)7-10(17)4-5-11(13)12(18)14-6-2-3-9(14)8-16;1-3-4-2/h4-5,7-9,11,17H,2-3,6H2,1H3;3-4H2,1-2H3/t9-,11?,13?;/m0./s1. The molecule has 3 atom stereocenters. The minimum atomic E-state index is -2.16. The van der Waals surface area contributed by atoms with E-state index in [4.69, 9.17) is 4.74 Å². The number of nitrogens with zero attached hydrogens (tertiary/aromatic N) is 2. The highest BCUT2D eigenvalue weighted by atomic mass is 16.7. The molecule has 1 aliphatic carbocycles. The number of aldehydes is 1. The molecule has 140 valence electrons.